The van der Waals surface area contributed by atoms with Crippen LogP contribution in [0.3, 0.4) is 0 Å². The average molecular weight is 260 g/mol. The highest BCUT2D eigenvalue weighted by Gasteiger charge is 2.49. The molecule has 0 aliphatic carbocycles. The summed E-state index contributed by atoms with van der Waals surface area (Å²) in [6.45, 7) is 5.98. The summed E-state index contributed by atoms with van der Waals surface area (Å²) in [6, 6.07) is 10.4. The number of ether oxygens (including phenoxy) is 1. The van der Waals surface area contributed by atoms with Crippen LogP contribution in [0.5, 0.6) is 0 Å². The van der Waals surface area contributed by atoms with E-state index in [1.807, 2.05) is 17.9 Å². The van der Waals surface area contributed by atoms with Crippen LogP contribution < -0.4 is 4.90 Å². The summed E-state index contributed by atoms with van der Waals surface area (Å²) in [6.07, 6.45) is 1.01. The van der Waals surface area contributed by atoms with Crippen molar-refractivity contribution in [3.05, 3.63) is 30.3 Å². The number of nitrogens with zero attached hydrogens (tertiary/aromatic N) is 2. The molecular formula is C15H20N2O2. The Kier molecular flexibility index (Phi) is 3.19. The van der Waals surface area contributed by atoms with Crippen LogP contribution in [0.25, 0.3) is 0 Å². The average Bonchev–Trinajstić information content (AvgIpc) is 3.22. The molecular weight excluding hydrogens is 240 g/mol. The van der Waals surface area contributed by atoms with Gasteiger partial charge in [0.05, 0.1) is 6.61 Å². The molecule has 1 atom stereocenters. The van der Waals surface area contributed by atoms with Crippen LogP contribution in [-0.2, 0) is 9.53 Å². The molecule has 102 valence electrons. The van der Waals surface area contributed by atoms with Crippen molar-refractivity contribution in [2.75, 3.05) is 37.7 Å². The lowest BCUT2D eigenvalue weighted by Crippen LogP contribution is -2.42. The molecule has 4 heteroatoms. The van der Waals surface area contributed by atoms with Crippen LogP contribution in [-0.4, -0.2) is 49.2 Å². The summed E-state index contributed by atoms with van der Waals surface area (Å²) in [4.78, 5) is 16.6. The van der Waals surface area contributed by atoms with Gasteiger partial charge in [0.1, 0.15) is 0 Å². The van der Waals surface area contributed by atoms with E-state index in [1.54, 1.807) is 0 Å². The summed E-state index contributed by atoms with van der Waals surface area (Å²) < 4.78 is 5.26. The topological polar surface area (TPSA) is 36.1 Å². The van der Waals surface area contributed by atoms with Crippen LogP contribution in [0.2, 0.25) is 0 Å². The van der Waals surface area contributed by atoms with E-state index < -0.39 is 5.60 Å². The largest absolute Gasteiger partial charge is 0.370 e. The molecule has 19 heavy (non-hydrogen) atoms. The molecule has 1 unspecified atom stereocenters. The maximum atomic E-state index is 12.3. The molecule has 2 heterocycles. The summed E-state index contributed by atoms with van der Waals surface area (Å²) >= 11 is 0. The van der Waals surface area contributed by atoms with Crippen molar-refractivity contribution in [1.82, 2.24) is 4.90 Å². The predicted octanol–water partition coefficient (Wildman–Crippen LogP) is 1.51. The first-order valence-corrected chi connectivity index (χ1v) is 6.92. The van der Waals surface area contributed by atoms with Gasteiger partial charge in [0.2, 0.25) is 0 Å². The Morgan fingerprint density at radius 1 is 1.16 bits per heavy atom. The molecule has 0 bridgehead atoms. The number of hydrogen-bond acceptors (Lipinski definition) is 3. The van der Waals surface area contributed by atoms with Gasteiger partial charge in [-0.15, -0.1) is 0 Å². The standard InChI is InChI=1S/C15H20N2O2/c1-15(12-19-15)14(18)17-9-5-8-16(10-11-17)13-6-3-2-4-7-13/h2-4,6-7H,5,8-12H2,1H3. The lowest BCUT2D eigenvalue weighted by Gasteiger charge is -2.24. The van der Waals surface area contributed by atoms with E-state index in [0.29, 0.717) is 6.61 Å². The minimum absolute atomic E-state index is 0.155. The molecule has 1 aromatic rings. The van der Waals surface area contributed by atoms with Gasteiger partial charge in [-0.25, -0.2) is 0 Å². The van der Waals surface area contributed by atoms with Crippen molar-refractivity contribution in [2.45, 2.75) is 18.9 Å². The molecule has 4 nitrogen and oxygen atoms in total. The number of carbonyl (C=O) groups is 1. The van der Waals surface area contributed by atoms with Gasteiger partial charge in [0.25, 0.3) is 5.91 Å². The SMILES string of the molecule is CC1(C(=O)N2CCCN(c3ccccc3)CC2)CO1. The molecule has 0 saturated carbocycles. The predicted molar refractivity (Wildman–Crippen MR) is 74.2 cm³/mol. The molecule has 0 aromatic heterocycles. The highest BCUT2D eigenvalue weighted by molar-refractivity contribution is 5.87. The van der Waals surface area contributed by atoms with Crippen LogP contribution >= 0.6 is 0 Å². The third kappa shape index (κ3) is 2.59. The van der Waals surface area contributed by atoms with E-state index in [-0.39, 0.29) is 5.91 Å². The van der Waals surface area contributed by atoms with Gasteiger partial charge in [0, 0.05) is 31.9 Å². The molecule has 0 N–H and O–H groups in total. The van der Waals surface area contributed by atoms with Crippen molar-refractivity contribution in [3.63, 3.8) is 0 Å². The number of anilines is 1. The maximum Gasteiger partial charge on any atom is 0.257 e. The Bertz CT molecular complexity index is 456. The zero-order valence-electron chi connectivity index (χ0n) is 11.3. The zero-order chi connectivity index (χ0) is 13.3. The first-order chi connectivity index (χ1) is 9.19. The molecule has 0 spiro atoms. The molecule has 2 fully saturated rings. The first-order valence-electron chi connectivity index (χ1n) is 6.92. The van der Waals surface area contributed by atoms with Gasteiger partial charge >= 0.3 is 0 Å². The number of epoxide rings is 1. The van der Waals surface area contributed by atoms with Gasteiger partial charge in [-0.3, -0.25) is 4.79 Å². The number of benzene rings is 1. The minimum atomic E-state index is -0.526. The van der Waals surface area contributed by atoms with E-state index in [4.69, 9.17) is 4.74 Å². The number of carbonyl (C=O) groups excluding carboxylic acids is 1. The Balaban J connectivity index is 1.64. The van der Waals surface area contributed by atoms with E-state index >= 15 is 0 Å². The zero-order valence-corrected chi connectivity index (χ0v) is 11.3. The van der Waals surface area contributed by atoms with Crippen molar-refractivity contribution in [2.24, 2.45) is 0 Å². The smallest absolute Gasteiger partial charge is 0.257 e. The molecule has 1 aromatic carbocycles. The van der Waals surface area contributed by atoms with Crippen molar-refractivity contribution in [3.8, 4) is 0 Å². The Labute approximate surface area is 113 Å². The Morgan fingerprint density at radius 3 is 2.58 bits per heavy atom. The Hall–Kier alpha value is -1.55. The summed E-state index contributed by atoms with van der Waals surface area (Å²) in [5, 5.41) is 0. The van der Waals surface area contributed by atoms with Crippen LogP contribution in [0.15, 0.2) is 30.3 Å². The van der Waals surface area contributed by atoms with Gasteiger partial charge in [-0.05, 0) is 25.5 Å². The lowest BCUT2D eigenvalue weighted by molar-refractivity contribution is -0.136. The highest BCUT2D eigenvalue weighted by atomic mass is 16.6. The summed E-state index contributed by atoms with van der Waals surface area (Å²) in [5.74, 6) is 0.155. The van der Waals surface area contributed by atoms with Gasteiger partial charge < -0.3 is 14.5 Å². The first kappa shape index (κ1) is 12.5. The molecule has 2 aliphatic rings. The monoisotopic (exact) mass is 260 g/mol. The van der Waals surface area contributed by atoms with Gasteiger partial charge in [0.15, 0.2) is 5.60 Å². The summed E-state index contributed by atoms with van der Waals surface area (Å²) in [5.41, 5.74) is 0.715. The van der Waals surface area contributed by atoms with Crippen LogP contribution in [0.1, 0.15) is 13.3 Å². The fourth-order valence-corrected chi connectivity index (χ4v) is 2.58. The third-order valence-corrected chi connectivity index (χ3v) is 3.93. The van der Waals surface area contributed by atoms with Crippen molar-refractivity contribution >= 4 is 11.6 Å². The van der Waals surface area contributed by atoms with Gasteiger partial charge in [-0.2, -0.15) is 0 Å². The summed E-state index contributed by atoms with van der Waals surface area (Å²) in [7, 11) is 0. The Morgan fingerprint density at radius 2 is 1.89 bits per heavy atom. The molecule has 1 amide bonds. The highest BCUT2D eigenvalue weighted by Crippen LogP contribution is 2.29. The second kappa shape index (κ2) is 4.85. The van der Waals surface area contributed by atoms with E-state index in [2.05, 4.69) is 29.2 Å². The fraction of sp³-hybridized carbons (Fsp3) is 0.533. The van der Waals surface area contributed by atoms with E-state index in [1.165, 1.54) is 5.69 Å². The molecule has 3 rings (SSSR count). The van der Waals surface area contributed by atoms with Crippen LogP contribution in [0.4, 0.5) is 5.69 Å². The maximum absolute atomic E-state index is 12.3. The quantitative estimate of drug-likeness (QED) is 0.756. The fourth-order valence-electron chi connectivity index (χ4n) is 2.58. The normalized spacial score (nSPS) is 27.0. The van der Waals surface area contributed by atoms with E-state index in [0.717, 1.165) is 32.6 Å². The van der Waals surface area contributed by atoms with Crippen molar-refractivity contribution in [1.29, 1.82) is 0 Å². The van der Waals surface area contributed by atoms with Crippen molar-refractivity contribution < 1.29 is 9.53 Å². The van der Waals surface area contributed by atoms with Crippen LogP contribution in [0, 0.1) is 0 Å². The van der Waals surface area contributed by atoms with E-state index in [9.17, 15) is 4.79 Å². The number of amides is 1. The second-order valence-corrected chi connectivity index (χ2v) is 5.49. The minimum Gasteiger partial charge on any atom is -0.370 e. The third-order valence-electron chi connectivity index (χ3n) is 3.93. The lowest BCUT2D eigenvalue weighted by atomic mass is 10.1. The molecule has 2 saturated heterocycles. The number of para-hydroxylation sites is 1. The number of hydrogen-bond donors (Lipinski definition) is 0. The number of rotatable bonds is 2. The molecule has 2 aliphatic heterocycles. The van der Waals surface area contributed by atoms with Gasteiger partial charge in [-0.1, -0.05) is 18.2 Å². The second-order valence-electron chi connectivity index (χ2n) is 5.49. The molecule has 0 radical (unpaired) electrons.